The first-order valence-electron chi connectivity index (χ1n) is 7.81. The van der Waals surface area contributed by atoms with E-state index >= 15 is 0 Å². The van der Waals surface area contributed by atoms with Crippen molar-refractivity contribution in [2.24, 2.45) is 4.99 Å². The van der Waals surface area contributed by atoms with Gasteiger partial charge in [0.1, 0.15) is 18.5 Å². The van der Waals surface area contributed by atoms with Gasteiger partial charge in [-0.15, -0.1) is 0 Å². The highest BCUT2D eigenvalue weighted by molar-refractivity contribution is 8.14. The fourth-order valence-electron chi connectivity index (χ4n) is 2.86. The van der Waals surface area contributed by atoms with Gasteiger partial charge < -0.3 is 4.74 Å². The summed E-state index contributed by atoms with van der Waals surface area (Å²) in [5, 5.41) is 0.488. The number of carbonyl (C=O) groups excluding carboxylic acids is 2. The molecule has 5 nitrogen and oxygen atoms in total. The first-order valence-corrected chi connectivity index (χ1v) is 8.80. The van der Waals surface area contributed by atoms with Gasteiger partial charge in [0.15, 0.2) is 5.17 Å². The Bertz CT molecular complexity index is 803. The number of hydrogen-bond donors (Lipinski definition) is 0. The summed E-state index contributed by atoms with van der Waals surface area (Å²) in [4.78, 5) is 30.9. The molecular weight excluding hydrogens is 343 g/mol. The third kappa shape index (κ3) is 3.24. The Morgan fingerprint density at radius 2 is 2.28 bits per heavy atom. The molecule has 1 aromatic carbocycles. The molecule has 0 bridgehead atoms. The van der Waals surface area contributed by atoms with E-state index in [0.29, 0.717) is 23.0 Å². The summed E-state index contributed by atoms with van der Waals surface area (Å²) < 4.78 is 19.7. The van der Waals surface area contributed by atoms with Crippen molar-refractivity contribution in [3.63, 3.8) is 0 Å². The zero-order chi connectivity index (χ0) is 18.0. The monoisotopic (exact) mass is 360 g/mol. The SMILES string of the molecule is C=CCOC(=O)C1=C(C)N=C2SCCC(=O)N2[C@H]1c1ccccc1F. The summed E-state index contributed by atoms with van der Waals surface area (Å²) >= 11 is 1.42. The number of fused-ring (bicyclic) bond motifs is 1. The molecule has 1 fully saturated rings. The van der Waals surface area contributed by atoms with Gasteiger partial charge in [0.05, 0.1) is 11.3 Å². The number of ether oxygens (including phenoxy) is 1. The lowest BCUT2D eigenvalue weighted by Gasteiger charge is -2.38. The predicted molar refractivity (Wildman–Crippen MR) is 94.4 cm³/mol. The molecule has 0 unspecified atom stereocenters. The van der Waals surface area contributed by atoms with Gasteiger partial charge in [0.25, 0.3) is 0 Å². The van der Waals surface area contributed by atoms with Crippen LogP contribution in [0.1, 0.15) is 24.9 Å². The Kier molecular flexibility index (Phi) is 5.03. The van der Waals surface area contributed by atoms with Crippen LogP contribution in [0.3, 0.4) is 0 Å². The highest BCUT2D eigenvalue weighted by atomic mass is 32.2. The maximum atomic E-state index is 14.5. The fourth-order valence-corrected chi connectivity index (χ4v) is 3.87. The van der Waals surface area contributed by atoms with E-state index in [9.17, 15) is 14.0 Å². The van der Waals surface area contributed by atoms with Gasteiger partial charge in [0.2, 0.25) is 5.91 Å². The zero-order valence-corrected chi connectivity index (χ0v) is 14.5. The Hall–Kier alpha value is -2.41. The minimum atomic E-state index is -0.883. The Labute approximate surface area is 149 Å². The standard InChI is InChI=1S/C18H17FN2O3S/c1-3-9-24-17(23)15-11(2)20-18-21(14(22)8-10-25-18)16(15)12-6-4-5-7-13(12)19/h3-7,16H,1,8-10H2,2H3/t16-/m0/s1. The summed E-state index contributed by atoms with van der Waals surface area (Å²) in [5.74, 6) is -0.690. The lowest BCUT2D eigenvalue weighted by molar-refractivity contribution is -0.139. The van der Waals surface area contributed by atoms with Crippen LogP contribution >= 0.6 is 11.8 Å². The molecule has 0 saturated carbocycles. The molecule has 0 N–H and O–H groups in total. The predicted octanol–water partition coefficient (Wildman–Crippen LogP) is 3.21. The van der Waals surface area contributed by atoms with E-state index in [1.165, 1.54) is 28.8 Å². The number of benzene rings is 1. The largest absolute Gasteiger partial charge is 0.458 e. The Balaban J connectivity index is 2.15. The number of thioether (sulfide) groups is 1. The third-order valence-electron chi connectivity index (χ3n) is 3.96. The molecule has 0 radical (unpaired) electrons. The molecule has 1 atom stereocenters. The number of nitrogens with zero attached hydrogens (tertiary/aromatic N) is 2. The first kappa shape index (κ1) is 17.4. The molecule has 7 heteroatoms. The minimum Gasteiger partial charge on any atom is -0.458 e. The second-order valence-electron chi connectivity index (χ2n) is 5.57. The lowest BCUT2D eigenvalue weighted by atomic mass is 9.94. The molecule has 1 amide bonds. The summed E-state index contributed by atoms with van der Waals surface area (Å²) in [6.07, 6.45) is 1.76. The number of esters is 1. The molecule has 130 valence electrons. The Morgan fingerprint density at radius 3 is 3.00 bits per heavy atom. The van der Waals surface area contributed by atoms with E-state index in [4.69, 9.17) is 4.74 Å². The van der Waals surface area contributed by atoms with Crippen LogP contribution in [-0.4, -0.2) is 34.3 Å². The van der Waals surface area contributed by atoms with E-state index < -0.39 is 17.8 Å². The van der Waals surface area contributed by atoms with Gasteiger partial charge >= 0.3 is 5.97 Å². The van der Waals surface area contributed by atoms with E-state index in [-0.39, 0.29) is 23.7 Å². The second-order valence-corrected chi connectivity index (χ2v) is 6.63. The van der Waals surface area contributed by atoms with Crippen LogP contribution in [0.2, 0.25) is 0 Å². The van der Waals surface area contributed by atoms with E-state index in [1.54, 1.807) is 25.1 Å². The normalized spacial score (nSPS) is 20.1. The van der Waals surface area contributed by atoms with Crippen LogP contribution in [0.4, 0.5) is 4.39 Å². The zero-order valence-electron chi connectivity index (χ0n) is 13.7. The quantitative estimate of drug-likeness (QED) is 0.611. The maximum absolute atomic E-state index is 14.5. The lowest BCUT2D eigenvalue weighted by Crippen LogP contribution is -2.46. The number of carbonyl (C=O) groups is 2. The molecule has 2 aliphatic rings. The molecule has 3 rings (SSSR count). The molecule has 0 spiro atoms. The number of hydrogen-bond acceptors (Lipinski definition) is 5. The maximum Gasteiger partial charge on any atom is 0.338 e. The molecular formula is C18H17FN2O3S. The second kappa shape index (κ2) is 7.23. The average molecular weight is 360 g/mol. The van der Waals surface area contributed by atoms with Crippen molar-refractivity contribution < 1.29 is 18.7 Å². The van der Waals surface area contributed by atoms with Crippen molar-refractivity contribution in [2.75, 3.05) is 12.4 Å². The van der Waals surface area contributed by atoms with Gasteiger partial charge in [0, 0.05) is 17.7 Å². The van der Waals surface area contributed by atoms with Gasteiger partial charge in [-0.1, -0.05) is 42.6 Å². The van der Waals surface area contributed by atoms with Crippen molar-refractivity contribution in [3.8, 4) is 0 Å². The van der Waals surface area contributed by atoms with Crippen molar-refractivity contribution in [3.05, 3.63) is 59.6 Å². The average Bonchev–Trinajstić information content (AvgIpc) is 2.59. The number of allylic oxidation sites excluding steroid dienone is 1. The first-order chi connectivity index (χ1) is 12.0. The van der Waals surface area contributed by atoms with Gasteiger partial charge in [-0.05, 0) is 13.0 Å². The number of halogens is 1. The van der Waals surface area contributed by atoms with Crippen LogP contribution in [0.25, 0.3) is 0 Å². The molecule has 25 heavy (non-hydrogen) atoms. The summed E-state index contributed by atoms with van der Waals surface area (Å²) in [5.41, 5.74) is 0.845. The van der Waals surface area contributed by atoms with Gasteiger partial charge in [-0.2, -0.15) is 0 Å². The topological polar surface area (TPSA) is 59.0 Å². The molecule has 1 saturated heterocycles. The van der Waals surface area contributed by atoms with Crippen molar-refractivity contribution >= 4 is 28.8 Å². The van der Waals surface area contributed by atoms with Crippen LogP contribution in [-0.2, 0) is 14.3 Å². The minimum absolute atomic E-state index is 0.0267. The van der Waals surface area contributed by atoms with Gasteiger partial charge in [-0.25, -0.2) is 14.2 Å². The molecule has 2 aliphatic heterocycles. The fraction of sp³-hybridized carbons (Fsp3) is 0.278. The van der Waals surface area contributed by atoms with Crippen molar-refractivity contribution in [2.45, 2.75) is 19.4 Å². The highest BCUT2D eigenvalue weighted by Crippen LogP contribution is 2.41. The third-order valence-corrected chi connectivity index (χ3v) is 4.91. The van der Waals surface area contributed by atoms with Crippen molar-refractivity contribution in [1.29, 1.82) is 0 Å². The van der Waals surface area contributed by atoms with Crippen LogP contribution in [0, 0.1) is 5.82 Å². The van der Waals surface area contributed by atoms with E-state index in [1.807, 2.05) is 0 Å². The number of amides is 1. The van der Waals surface area contributed by atoms with Crippen LogP contribution in [0.15, 0.2) is 53.2 Å². The Morgan fingerprint density at radius 1 is 1.52 bits per heavy atom. The van der Waals surface area contributed by atoms with E-state index in [0.717, 1.165) is 0 Å². The molecule has 0 aromatic heterocycles. The van der Waals surface area contributed by atoms with Crippen LogP contribution in [0.5, 0.6) is 0 Å². The smallest absolute Gasteiger partial charge is 0.338 e. The summed E-state index contributed by atoms with van der Waals surface area (Å²) in [6, 6.07) is 5.24. The molecule has 1 aromatic rings. The summed E-state index contributed by atoms with van der Waals surface area (Å²) in [7, 11) is 0. The molecule has 2 heterocycles. The number of amidine groups is 1. The highest BCUT2D eigenvalue weighted by Gasteiger charge is 2.42. The van der Waals surface area contributed by atoms with Crippen LogP contribution < -0.4 is 0 Å². The number of rotatable bonds is 4. The van der Waals surface area contributed by atoms with Crippen molar-refractivity contribution in [1.82, 2.24) is 4.90 Å². The number of aliphatic imine (C=N–C) groups is 1. The summed E-state index contributed by atoms with van der Waals surface area (Å²) in [6.45, 7) is 5.21. The van der Waals surface area contributed by atoms with Gasteiger partial charge in [-0.3, -0.25) is 9.69 Å². The molecule has 0 aliphatic carbocycles. The van der Waals surface area contributed by atoms with E-state index in [2.05, 4.69) is 11.6 Å².